The largest absolute Gasteiger partial charge is 0.495 e. The van der Waals surface area contributed by atoms with E-state index in [-0.39, 0.29) is 10.8 Å². The van der Waals surface area contributed by atoms with Gasteiger partial charge in [0.15, 0.2) is 0 Å². The number of fused-ring (bicyclic) bond motifs is 1. The van der Waals surface area contributed by atoms with Gasteiger partial charge in [-0.05, 0) is 42.3 Å². The van der Waals surface area contributed by atoms with Gasteiger partial charge in [-0.25, -0.2) is 8.42 Å². The Balaban J connectivity index is 2.05. The lowest BCUT2D eigenvalue weighted by Gasteiger charge is -2.20. The van der Waals surface area contributed by atoms with Gasteiger partial charge < -0.3 is 9.64 Å². The molecule has 2 aromatic rings. The van der Waals surface area contributed by atoms with Crippen LogP contribution in [0.1, 0.15) is 18.9 Å². The Kier molecular flexibility index (Phi) is 5.69. The van der Waals surface area contributed by atoms with E-state index in [0.717, 1.165) is 5.56 Å². The first-order valence-electron chi connectivity index (χ1n) is 8.26. The van der Waals surface area contributed by atoms with Crippen LogP contribution >= 0.6 is 27.5 Å². The van der Waals surface area contributed by atoms with Gasteiger partial charge >= 0.3 is 0 Å². The normalized spacial score (nSPS) is 13.4. The van der Waals surface area contributed by atoms with Gasteiger partial charge in [0.1, 0.15) is 10.6 Å². The number of ether oxygens (including phenoxy) is 1. The predicted molar refractivity (Wildman–Crippen MR) is 109 cm³/mol. The van der Waals surface area contributed by atoms with Crippen LogP contribution in [0.4, 0.5) is 11.4 Å². The third kappa shape index (κ3) is 3.93. The standard InChI is InChI=1S/C18H18BrClN2O4S/c1-3-17(23)22-7-6-11-8-12(19)9-16(18(11)22)27(24,25)21-13-4-5-15(26-2)14(20)10-13/h4-5,8-10,21H,3,6-7H2,1-2H3. The summed E-state index contributed by atoms with van der Waals surface area (Å²) in [6.45, 7) is 2.22. The molecule has 1 heterocycles. The molecule has 3 rings (SSSR count). The Morgan fingerprint density at radius 3 is 2.70 bits per heavy atom. The fraction of sp³-hybridized carbons (Fsp3) is 0.278. The summed E-state index contributed by atoms with van der Waals surface area (Å²) in [5, 5.41) is 0.292. The fourth-order valence-electron chi connectivity index (χ4n) is 3.05. The molecule has 0 fully saturated rings. The maximum Gasteiger partial charge on any atom is 0.264 e. The highest BCUT2D eigenvalue weighted by molar-refractivity contribution is 9.10. The Morgan fingerprint density at radius 1 is 1.33 bits per heavy atom. The second-order valence-electron chi connectivity index (χ2n) is 6.02. The van der Waals surface area contributed by atoms with Crippen molar-refractivity contribution in [3.63, 3.8) is 0 Å². The molecule has 0 bridgehead atoms. The number of carbonyl (C=O) groups is 1. The number of sulfonamides is 1. The number of nitrogens with zero attached hydrogens (tertiary/aromatic N) is 1. The van der Waals surface area contributed by atoms with Crippen molar-refractivity contribution in [2.24, 2.45) is 0 Å². The van der Waals surface area contributed by atoms with Gasteiger partial charge in [-0.1, -0.05) is 34.5 Å². The van der Waals surface area contributed by atoms with E-state index in [1.165, 1.54) is 24.1 Å². The van der Waals surface area contributed by atoms with Gasteiger partial charge in [0.25, 0.3) is 10.0 Å². The SMILES string of the molecule is CCC(=O)N1CCc2cc(Br)cc(S(=O)(=O)Nc3ccc(OC)c(Cl)c3)c21. The quantitative estimate of drug-likeness (QED) is 0.706. The fourth-order valence-corrected chi connectivity index (χ4v) is 5.29. The van der Waals surface area contributed by atoms with Crippen LogP contribution in [0.5, 0.6) is 5.75 Å². The number of nitrogens with one attached hydrogen (secondary N) is 1. The van der Waals surface area contributed by atoms with Gasteiger partial charge in [0.05, 0.1) is 23.5 Å². The summed E-state index contributed by atoms with van der Waals surface area (Å²) in [6, 6.07) is 7.98. The highest BCUT2D eigenvalue weighted by Gasteiger charge is 2.32. The number of hydrogen-bond donors (Lipinski definition) is 1. The molecule has 0 unspecified atom stereocenters. The highest BCUT2D eigenvalue weighted by Crippen LogP contribution is 2.39. The van der Waals surface area contributed by atoms with E-state index in [1.807, 2.05) is 6.07 Å². The number of rotatable bonds is 5. The molecule has 1 N–H and O–H groups in total. The molecular formula is C18H18BrClN2O4S. The van der Waals surface area contributed by atoms with Gasteiger partial charge in [0, 0.05) is 17.4 Å². The van der Waals surface area contributed by atoms with Gasteiger partial charge in [-0.2, -0.15) is 0 Å². The molecule has 0 radical (unpaired) electrons. The first kappa shape index (κ1) is 20.0. The van der Waals surface area contributed by atoms with Crippen molar-refractivity contribution in [3.8, 4) is 5.75 Å². The minimum Gasteiger partial charge on any atom is -0.495 e. The summed E-state index contributed by atoms with van der Waals surface area (Å²) in [7, 11) is -2.46. The molecule has 27 heavy (non-hydrogen) atoms. The van der Waals surface area contributed by atoms with Gasteiger partial charge in [0.2, 0.25) is 5.91 Å². The van der Waals surface area contributed by atoms with Crippen molar-refractivity contribution in [2.75, 3.05) is 23.3 Å². The Labute approximate surface area is 171 Å². The highest BCUT2D eigenvalue weighted by atomic mass is 79.9. The molecule has 6 nitrogen and oxygen atoms in total. The topological polar surface area (TPSA) is 75.7 Å². The van der Waals surface area contributed by atoms with Crippen LogP contribution in [0.15, 0.2) is 39.7 Å². The van der Waals surface area contributed by atoms with E-state index in [0.29, 0.717) is 46.0 Å². The van der Waals surface area contributed by atoms with E-state index in [1.54, 1.807) is 19.1 Å². The number of halogens is 2. The molecule has 1 aliphatic heterocycles. The molecule has 1 aliphatic rings. The zero-order valence-corrected chi connectivity index (χ0v) is 17.9. The summed E-state index contributed by atoms with van der Waals surface area (Å²) < 4.78 is 34.4. The predicted octanol–water partition coefficient (Wildman–Crippen LogP) is 4.21. The van der Waals surface area contributed by atoms with Crippen molar-refractivity contribution in [1.82, 2.24) is 0 Å². The summed E-state index contributed by atoms with van der Waals surface area (Å²) in [4.78, 5) is 13.9. The number of methoxy groups -OCH3 is 1. The maximum atomic E-state index is 13.1. The lowest BCUT2D eigenvalue weighted by atomic mass is 10.2. The summed E-state index contributed by atoms with van der Waals surface area (Å²) in [5.74, 6) is 0.336. The molecule has 2 aromatic carbocycles. The third-order valence-electron chi connectivity index (χ3n) is 4.29. The van der Waals surface area contributed by atoms with Crippen molar-refractivity contribution in [2.45, 2.75) is 24.7 Å². The van der Waals surface area contributed by atoms with Gasteiger partial charge in [-0.3, -0.25) is 9.52 Å². The Hall–Kier alpha value is -1.77. The summed E-state index contributed by atoms with van der Waals surface area (Å²) in [6.07, 6.45) is 0.911. The average molecular weight is 474 g/mol. The van der Waals surface area contributed by atoms with Gasteiger partial charge in [-0.15, -0.1) is 0 Å². The van der Waals surface area contributed by atoms with E-state index in [4.69, 9.17) is 16.3 Å². The van der Waals surface area contributed by atoms with Crippen LogP contribution in [0.2, 0.25) is 5.02 Å². The van der Waals surface area contributed by atoms with E-state index >= 15 is 0 Å². The molecule has 0 saturated heterocycles. The van der Waals surface area contributed by atoms with E-state index in [9.17, 15) is 13.2 Å². The maximum absolute atomic E-state index is 13.1. The van der Waals surface area contributed by atoms with Crippen LogP contribution < -0.4 is 14.4 Å². The number of hydrogen-bond acceptors (Lipinski definition) is 4. The van der Waals surface area contributed by atoms with E-state index in [2.05, 4.69) is 20.7 Å². The molecule has 0 spiro atoms. The lowest BCUT2D eigenvalue weighted by molar-refractivity contribution is -0.118. The minimum absolute atomic E-state index is 0.0538. The zero-order chi connectivity index (χ0) is 19.8. The van der Waals surface area contributed by atoms with Crippen LogP contribution in [0.25, 0.3) is 0 Å². The summed E-state index contributed by atoms with van der Waals surface area (Å²) in [5.41, 5.74) is 1.57. The molecule has 0 saturated carbocycles. The van der Waals surface area contributed by atoms with E-state index < -0.39 is 10.0 Å². The van der Waals surface area contributed by atoms with Crippen molar-refractivity contribution in [1.29, 1.82) is 0 Å². The molecule has 0 aliphatic carbocycles. The zero-order valence-electron chi connectivity index (χ0n) is 14.8. The van der Waals surface area contributed by atoms with Crippen LogP contribution in [0, 0.1) is 0 Å². The number of benzene rings is 2. The lowest BCUT2D eigenvalue weighted by Crippen LogP contribution is -2.29. The molecule has 1 amide bonds. The van der Waals surface area contributed by atoms with Crippen molar-refractivity contribution in [3.05, 3.63) is 45.4 Å². The van der Waals surface area contributed by atoms with Crippen molar-refractivity contribution >= 4 is 54.8 Å². The summed E-state index contributed by atoms with van der Waals surface area (Å²) >= 11 is 9.45. The first-order chi connectivity index (χ1) is 12.8. The Morgan fingerprint density at radius 2 is 2.07 bits per heavy atom. The Bertz CT molecular complexity index is 1010. The van der Waals surface area contributed by atoms with Crippen molar-refractivity contribution < 1.29 is 17.9 Å². The molecule has 0 atom stereocenters. The molecular weight excluding hydrogens is 456 g/mol. The molecule has 144 valence electrons. The number of carbonyl (C=O) groups excluding carboxylic acids is 1. The van der Waals surface area contributed by atoms with Crippen LogP contribution in [0.3, 0.4) is 0 Å². The van der Waals surface area contributed by atoms with Crippen LogP contribution in [-0.4, -0.2) is 28.0 Å². The monoisotopic (exact) mass is 472 g/mol. The third-order valence-corrected chi connectivity index (χ3v) is 6.44. The minimum atomic E-state index is -3.95. The molecule has 0 aromatic heterocycles. The average Bonchev–Trinajstić information content (AvgIpc) is 3.03. The number of amides is 1. The number of anilines is 2. The van der Waals surface area contributed by atoms with Crippen LogP contribution in [-0.2, 0) is 21.2 Å². The second kappa shape index (κ2) is 7.69. The molecule has 9 heteroatoms. The smallest absolute Gasteiger partial charge is 0.264 e. The second-order valence-corrected chi connectivity index (χ2v) is 8.99. The first-order valence-corrected chi connectivity index (χ1v) is 10.9.